The molecule has 0 saturated carbocycles. The van der Waals surface area contributed by atoms with E-state index in [0.717, 1.165) is 6.26 Å². The molecule has 1 heterocycles. The van der Waals surface area contributed by atoms with Crippen LogP contribution >= 0.6 is 0 Å². The van der Waals surface area contributed by atoms with Crippen LogP contribution in [-0.2, 0) is 19.6 Å². The molecule has 2 N–H and O–H groups in total. The number of hydrogen-bond acceptors (Lipinski definition) is 6. The van der Waals surface area contributed by atoms with Gasteiger partial charge in [0, 0.05) is 50.4 Å². The molecule has 1 aromatic rings. The Labute approximate surface area is 183 Å². The molecule has 172 valence electrons. The lowest BCUT2D eigenvalue weighted by molar-refractivity contribution is -0.132. The topological polar surface area (TPSA) is 125 Å². The first-order valence-corrected chi connectivity index (χ1v) is 11.8. The van der Waals surface area contributed by atoms with Crippen LogP contribution in [0.25, 0.3) is 0 Å². The van der Waals surface area contributed by atoms with Crippen LogP contribution in [-0.4, -0.2) is 80.7 Å². The Bertz CT molecular complexity index is 901. The first-order chi connectivity index (χ1) is 14.3. The van der Waals surface area contributed by atoms with Crippen molar-refractivity contribution in [3.05, 3.63) is 29.8 Å². The van der Waals surface area contributed by atoms with E-state index in [4.69, 9.17) is 4.74 Å². The van der Waals surface area contributed by atoms with E-state index in [1.54, 1.807) is 42.7 Å². The molecular weight excluding hydrogens is 424 g/mol. The third-order valence-electron chi connectivity index (χ3n) is 4.36. The van der Waals surface area contributed by atoms with E-state index < -0.39 is 21.7 Å². The fraction of sp³-hybridized carbons (Fsp3) is 0.550. The highest BCUT2D eigenvalue weighted by molar-refractivity contribution is 7.92. The highest BCUT2D eigenvalue weighted by Crippen LogP contribution is 2.14. The monoisotopic (exact) mass is 454 g/mol. The smallest absolute Gasteiger partial charge is 0.407 e. The second-order valence-electron chi connectivity index (χ2n) is 8.30. The third-order valence-corrected chi connectivity index (χ3v) is 4.97. The zero-order chi connectivity index (χ0) is 23.2. The van der Waals surface area contributed by atoms with Crippen LogP contribution in [0, 0.1) is 0 Å². The van der Waals surface area contributed by atoms with Gasteiger partial charge in [0.05, 0.1) is 6.26 Å². The summed E-state index contributed by atoms with van der Waals surface area (Å²) in [6, 6.07) is 6.20. The summed E-state index contributed by atoms with van der Waals surface area (Å²) in [7, 11) is -3.38. The molecule has 1 fully saturated rings. The van der Waals surface area contributed by atoms with E-state index in [9.17, 15) is 22.8 Å². The lowest BCUT2D eigenvalue weighted by Crippen LogP contribution is -2.51. The van der Waals surface area contributed by atoms with Crippen molar-refractivity contribution in [1.29, 1.82) is 0 Å². The maximum absolute atomic E-state index is 12.7. The fourth-order valence-corrected chi connectivity index (χ4v) is 3.54. The molecule has 0 unspecified atom stereocenters. The Morgan fingerprint density at radius 1 is 1.00 bits per heavy atom. The number of sulfonamides is 1. The lowest BCUT2D eigenvalue weighted by atomic mass is 10.1. The number of piperazine rings is 1. The van der Waals surface area contributed by atoms with Gasteiger partial charge in [-0.15, -0.1) is 0 Å². The van der Waals surface area contributed by atoms with Crippen molar-refractivity contribution in [2.75, 3.05) is 43.7 Å². The van der Waals surface area contributed by atoms with Gasteiger partial charge in [0.1, 0.15) is 5.60 Å². The van der Waals surface area contributed by atoms with Gasteiger partial charge in [0.25, 0.3) is 5.91 Å². The molecule has 0 spiro atoms. The van der Waals surface area contributed by atoms with Crippen LogP contribution in [0.5, 0.6) is 0 Å². The Balaban J connectivity index is 1.78. The Hall–Kier alpha value is -2.82. The average molecular weight is 455 g/mol. The number of rotatable bonds is 6. The fourth-order valence-electron chi connectivity index (χ4n) is 2.98. The number of nitrogens with zero attached hydrogens (tertiary/aromatic N) is 2. The second-order valence-corrected chi connectivity index (χ2v) is 10.1. The number of anilines is 1. The SMILES string of the molecule is CC(C)(C)OC(=O)NCCC(=O)N1CCN(C(=O)c2ccc(NS(C)(=O)=O)cc2)CC1. The number of alkyl carbamates (subject to hydrolysis) is 1. The van der Waals surface area contributed by atoms with Gasteiger partial charge in [-0.3, -0.25) is 14.3 Å². The van der Waals surface area contributed by atoms with Crippen molar-refractivity contribution in [3.8, 4) is 0 Å². The van der Waals surface area contributed by atoms with E-state index >= 15 is 0 Å². The number of carbonyl (C=O) groups is 3. The van der Waals surface area contributed by atoms with Crippen LogP contribution < -0.4 is 10.0 Å². The Morgan fingerprint density at radius 2 is 1.55 bits per heavy atom. The molecule has 1 aromatic carbocycles. The van der Waals surface area contributed by atoms with Crippen molar-refractivity contribution in [2.45, 2.75) is 32.8 Å². The largest absolute Gasteiger partial charge is 0.444 e. The molecule has 0 radical (unpaired) electrons. The molecule has 31 heavy (non-hydrogen) atoms. The zero-order valence-electron chi connectivity index (χ0n) is 18.3. The van der Waals surface area contributed by atoms with E-state index in [-0.39, 0.29) is 24.8 Å². The molecule has 11 heteroatoms. The van der Waals surface area contributed by atoms with Gasteiger partial charge in [0.15, 0.2) is 0 Å². The van der Waals surface area contributed by atoms with E-state index in [2.05, 4.69) is 10.0 Å². The van der Waals surface area contributed by atoms with Crippen molar-refractivity contribution < 1.29 is 27.5 Å². The van der Waals surface area contributed by atoms with Crippen LogP contribution in [0.1, 0.15) is 37.6 Å². The standard InChI is InChI=1S/C20H30N4O6S/c1-20(2,3)30-19(27)21-10-9-17(25)23-11-13-24(14-12-23)18(26)15-5-7-16(8-6-15)22-31(4,28)29/h5-8,22H,9-14H2,1-4H3,(H,21,27). The van der Waals surface area contributed by atoms with Gasteiger partial charge in [0.2, 0.25) is 15.9 Å². The number of nitrogens with one attached hydrogen (secondary N) is 2. The molecule has 0 atom stereocenters. The van der Waals surface area contributed by atoms with Crippen LogP contribution in [0.2, 0.25) is 0 Å². The number of amides is 3. The lowest BCUT2D eigenvalue weighted by Gasteiger charge is -2.35. The summed E-state index contributed by atoms with van der Waals surface area (Å²) in [4.78, 5) is 39.9. The molecule has 0 aromatic heterocycles. The zero-order valence-corrected chi connectivity index (χ0v) is 19.1. The number of hydrogen-bond donors (Lipinski definition) is 2. The highest BCUT2D eigenvalue weighted by atomic mass is 32.2. The summed E-state index contributed by atoms with van der Waals surface area (Å²) in [5.74, 6) is -0.274. The Morgan fingerprint density at radius 3 is 2.06 bits per heavy atom. The predicted molar refractivity (Wildman–Crippen MR) is 116 cm³/mol. The molecule has 0 aliphatic carbocycles. The minimum Gasteiger partial charge on any atom is -0.444 e. The highest BCUT2D eigenvalue weighted by Gasteiger charge is 2.25. The average Bonchev–Trinajstić information content (AvgIpc) is 2.65. The molecular formula is C20H30N4O6S. The molecule has 10 nitrogen and oxygen atoms in total. The van der Waals surface area contributed by atoms with Gasteiger partial charge in [-0.25, -0.2) is 13.2 Å². The minimum absolute atomic E-state index is 0.0978. The molecule has 0 bridgehead atoms. The van der Waals surface area contributed by atoms with E-state index in [1.807, 2.05) is 0 Å². The maximum Gasteiger partial charge on any atom is 0.407 e. The van der Waals surface area contributed by atoms with Crippen molar-refractivity contribution >= 4 is 33.6 Å². The Kier molecular flexibility index (Phi) is 7.88. The van der Waals surface area contributed by atoms with Crippen molar-refractivity contribution in [1.82, 2.24) is 15.1 Å². The summed E-state index contributed by atoms with van der Waals surface area (Å²) < 4.78 is 30.0. The number of benzene rings is 1. The summed E-state index contributed by atoms with van der Waals surface area (Å²) in [6.07, 6.45) is 0.649. The minimum atomic E-state index is -3.38. The summed E-state index contributed by atoms with van der Waals surface area (Å²) in [5.41, 5.74) is 0.233. The molecule has 3 amide bonds. The van der Waals surface area contributed by atoms with Gasteiger partial charge in [-0.1, -0.05) is 0 Å². The quantitative estimate of drug-likeness (QED) is 0.667. The summed E-state index contributed by atoms with van der Waals surface area (Å²) in [6.45, 7) is 7.08. The second kappa shape index (κ2) is 9.99. The predicted octanol–water partition coefficient (Wildman–Crippen LogP) is 1.26. The molecule has 1 saturated heterocycles. The maximum atomic E-state index is 12.7. The van der Waals surface area contributed by atoms with Crippen LogP contribution in [0.4, 0.5) is 10.5 Å². The van der Waals surface area contributed by atoms with Crippen LogP contribution in [0.15, 0.2) is 24.3 Å². The van der Waals surface area contributed by atoms with Gasteiger partial charge in [-0.2, -0.15) is 0 Å². The van der Waals surface area contributed by atoms with Gasteiger partial charge >= 0.3 is 6.09 Å². The molecule has 1 aliphatic heterocycles. The number of carbonyl (C=O) groups excluding carboxylic acids is 3. The molecule has 1 aliphatic rings. The number of ether oxygens (including phenoxy) is 1. The molecule has 2 rings (SSSR count). The first-order valence-electron chi connectivity index (χ1n) is 9.96. The summed E-state index contributed by atoms with van der Waals surface area (Å²) in [5, 5.41) is 2.56. The van der Waals surface area contributed by atoms with Crippen molar-refractivity contribution in [3.63, 3.8) is 0 Å². The first kappa shape index (κ1) is 24.4. The third kappa shape index (κ3) is 8.44. The van der Waals surface area contributed by atoms with Gasteiger partial charge < -0.3 is 19.9 Å². The summed E-state index contributed by atoms with van der Waals surface area (Å²) >= 11 is 0. The van der Waals surface area contributed by atoms with Crippen molar-refractivity contribution in [2.24, 2.45) is 0 Å². The van der Waals surface area contributed by atoms with E-state index in [0.29, 0.717) is 37.4 Å². The normalized spacial score (nSPS) is 14.7. The van der Waals surface area contributed by atoms with Gasteiger partial charge in [-0.05, 0) is 45.0 Å². The van der Waals surface area contributed by atoms with Crippen LogP contribution in [0.3, 0.4) is 0 Å². The van der Waals surface area contributed by atoms with E-state index in [1.165, 1.54) is 12.1 Å².